The SMILES string of the molecule is CC(O)C(NC(=O)C(CCC(N)=O)NC(=O)C(N)Cc1c[nH]c2ccccc12)C(=O)NC(Cc1cnc[nH]1)C(=O)O. The molecule has 0 aliphatic rings. The summed E-state index contributed by atoms with van der Waals surface area (Å²) in [6, 6.07) is 2.08. The number of benzene rings is 1. The van der Waals surface area contributed by atoms with Crippen molar-refractivity contribution >= 4 is 40.5 Å². The number of aliphatic carboxylic acids is 1. The number of nitrogens with two attached hydrogens (primary N) is 2. The Morgan fingerprint density at radius 3 is 2.32 bits per heavy atom. The summed E-state index contributed by atoms with van der Waals surface area (Å²) in [6.07, 6.45) is 2.56. The van der Waals surface area contributed by atoms with Crippen LogP contribution in [0.1, 0.15) is 31.0 Å². The molecule has 0 aliphatic heterocycles. The van der Waals surface area contributed by atoms with Gasteiger partial charge in [-0.05, 0) is 31.4 Å². The summed E-state index contributed by atoms with van der Waals surface area (Å²) < 4.78 is 0. The molecule has 5 unspecified atom stereocenters. The van der Waals surface area contributed by atoms with Crippen LogP contribution < -0.4 is 27.4 Å². The normalized spacial score (nSPS) is 14.8. The molecule has 0 bridgehead atoms. The average Bonchev–Trinajstić information content (AvgIpc) is 3.58. The van der Waals surface area contributed by atoms with E-state index in [1.54, 1.807) is 6.20 Å². The first-order valence-corrected chi connectivity index (χ1v) is 12.8. The van der Waals surface area contributed by atoms with Crippen LogP contribution >= 0.6 is 0 Å². The average molecular weight is 571 g/mol. The van der Waals surface area contributed by atoms with Crippen molar-refractivity contribution in [1.29, 1.82) is 0 Å². The number of hydrogen-bond donors (Lipinski definition) is 9. The number of aliphatic hydroxyl groups excluding tert-OH is 1. The van der Waals surface area contributed by atoms with Crippen LogP contribution in [0.2, 0.25) is 0 Å². The lowest BCUT2D eigenvalue weighted by atomic mass is 10.0. The van der Waals surface area contributed by atoms with E-state index in [9.17, 15) is 34.2 Å². The lowest BCUT2D eigenvalue weighted by Crippen LogP contribution is -2.60. The number of hydrogen-bond acceptors (Lipinski definition) is 8. The van der Waals surface area contributed by atoms with E-state index in [4.69, 9.17) is 11.5 Å². The first kappa shape index (κ1) is 30.8. The number of carboxylic acid groups (broad SMARTS) is 1. The van der Waals surface area contributed by atoms with Gasteiger partial charge in [-0.2, -0.15) is 0 Å². The lowest BCUT2D eigenvalue weighted by Gasteiger charge is -2.26. The smallest absolute Gasteiger partial charge is 0.326 e. The Labute approximate surface area is 234 Å². The molecule has 11 N–H and O–H groups in total. The van der Waals surface area contributed by atoms with Gasteiger partial charge >= 0.3 is 5.97 Å². The number of aromatic nitrogens is 3. The van der Waals surface area contributed by atoms with Crippen LogP contribution in [-0.4, -0.2) is 85.0 Å². The maximum atomic E-state index is 13.2. The molecule has 15 heteroatoms. The van der Waals surface area contributed by atoms with E-state index in [-0.39, 0.29) is 25.7 Å². The molecule has 0 saturated carbocycles. The van der Waals surface area contributed by atoms with E-state index in [1.165, 1.54) is 19.4 Å². The van der Waals surface area contributed by atoms with Crippen molar-refractivity contribution in [3.8, 4) is 0 Å². The molecule has 0 spiro atoms. The third-order valence-electron chi connectivity index (χ3n) is 6.42. The minimum Gasteiger partial charge on any atom is -0.480 e. The van der Waals surface area contributed by atoms with Crippen molar-refractivity contribution in [3.63, 3.8) is 0 Å². The zero-order valence-corrected chi connectivity index (χ0v) is 22.3. The Hall–Kier alpha value is -4.76. The maximum Gasteiger partial charge on any atom is 0.326 e. The van der Waals surface area contributed by atoms with E-state index in [2.05, 4.69) is 30.9 Å². The zero-order valence-electron chi connectivity index (χ0n) is 22.3. The third kappa shape index (κ3) is 8.61. The van der Waals surface area contributed by atoms with Gasteiger partial charge in [-0.25, -0.2) is 9.78 Å². The number of H-pyrrole nitrogens is 2. The van der Waals surface area contributed by atoms with Crippen LogP contribution in [-0.2, 0) is 36.8 Å². The second-order valence-corrected chi connectivity index (χ2v) is 9.64. The number of carboxylic acids is 1. The molecule has 3 aromatic rings. The molecule has 0 fully saturated rings. The van der Waals surface area contributed by atoms with Crippen LogP contribution in [0, 0.1) is 0 Å². The minimum absolute atomic E-state index is 0.132. The number of primary amides is 1. The number of para-hydroxylation sites is 1. The quantitative estimate of drug-likeness (QED) is 0.0995. The van der Waals surface area contributed by atoms with Crippen LogP contribution in [0.5, 0.6) is 0 Å². The highest BCUT2D eigenvalue weighted by Crippen LogP contribution is 2.19. The number of imidazole rings is 1. The van der Waals surface area contributed by atoms with E-state index in [0.29, 0.717) is 5.69 Å². The van der Waals surface area contributed by atoms with E-state index >= 15 is 0 Å². The van der Waals surface area contributed by atoms with Crippen molar-refractivity contribution in [3.05, 3.63) is 54.2 Å². The monoisotopic (exact) mass is 570 g/mol. The molecule has 3 rings (SSSR count). The van der Waals surface area contributed by atoms with E-state index in [1.807, 2.05) is 24.3 Å². The van der Waals surface area contributed by atoms with E-state index < -0.39 is 59.9 Å². The molecule has 41 heavy (non-hydrogen) atoms. The highest BCUT2D eigenvalue weighted by molar-refractivity contribution is 5.95. The van der Waals surface area contributed by atoms with Crippen molar-refractivity contribution in [2.24, 2.45) is 11.5 Å². The van der Waals surface area contributed by atoms with E-state index in [0.717, 1.165) is 16.5 Å². The number of fused-ring (bicyclic) bond motifs is 1. The van der Waals surface area contributed by atoms with Crippen LogP contribution in [0.15, 0.2) is 43.0 Å². The van der Waals surface area contributed by atoms with Gasteiger partial charge in [0.05, 0.1) is 18.5 Å². The molecule has 5 atom stereocenters. The fraction of sp³-hybridized carbons (Fsp3) is 0.385. The Morgan fingerprint density at radius 2 is 1.68 bits per heavy atom. The number of amides is 4. The van der Waals surface area contributed by atoms with Crippen LogP contribution in [0.25, 0.3) is 10.9 Å². The third-order valence-corrected chi connectivity index (χ3v) is 6.42. The number of aromatic amines is 2. The van der Waals surface area contributed by atoms with Gasteiger partial charge in [0, 0.05) is 41.8 Å². The second-order valence-electron chi connectivity index (χ2n) is 9.64. The molecule has 2 aromatic heterocycles. The Kier molecular flexibility index (Phi) is 10.5. The number of carbonyl (C=O) groups excluding carboxylic acids is 4. The minimum atomic E-state index is -1.58. The number of nitrogens with zero attached hydrogens (tertiary/aromatic N) is 1. The fourth-order valence-corrected chi connectivity index (χ4v) is 4.20. The second kappa shape index (κ2) is 14.0. The zero-order chi connectivity index (χ0) is 30.1. The molecule has 0 aliphatic carbocycles. The van der Waals surface area contributed by atoms with Gasteiger partial charge in [0.25, 0.3) is 0 Å². The largest absolute Gasteiger partial charge is 0.480 e. The van der Waals surface area contributed by atoms with Crippen LogP contribution in [0.4, 0.5) is 0 Å². The van der Waals surface area contributed by atoms with Crippen molar-refractivity contribution < 1.29 is 34.2 Å². The van der Waals surface area contributed by atoms with Gasteiger partial charge < -0.3 is 47.6 Å². The number of aliphatic hydroxyl groups is 1. The molecular formula is C26H34N8O7. The summed E-state index contributed by atoms with van der Waals surface area (Å²) >= 11 is 0. The molecular weight excluding hydrogens is 536 g/mol. The standard InChI is InChI=1S/C26H34N8O7/c1-13(35)22(25(39)33-20(26(40)41)9-15-11-29-12-31-15)34-24(38)19(6-7-21(28)36)32-23(37)17(27)8-14-10-30-18-5-3-2-4-16(14)18/h2-5,10-13,17,19-20,22,30,35H,6-9,27H2,1H3,(H2,28,36)(H,29,31)(H,32,37)(H,33,39)(H,34,38)(H,40,41). The lowest BCUT2D eigenvalue weighted by molar-refractivity contribution is -0.143. The molecule has 1 aromatic carbocycles. The Morgan fingerprint density at radius 1 is 0.976 bits per heavy atom. The fourth-order valence-electron chi connectivity index (χ4n) is 4.20. The van der Waals surface area contributed by atoms with Crippen LogP contribution in [0.3, 0.4) is 0 Å². The Bertz CT molecular complexity index is 1370. The Balaban J connectivity index is 1.69. The number of rotatable bonds is 15. The molecule has 4 amide bonds. The van der Waals surface area contributed by atoms with Gasteiger partial charge in [-0.3, -0.25) is 19.2 Å². The van der Waals surface area contributed by atoms with Crippen molar-refractivity contribution in [1.82, 2.24) is 30.9 Å². The van der Waals surface area contributed by atoms with Gasteiger partial charge in [0.2, 0.25) is 23.6 Å². The molecule has 15 nitrogen and oxygen atoms in total. The summed E-state index contributed by atoms with van der Waals surface area (Å²) in [5.74, 6) is -4.65. The summed E-state index contributed by atoms with van der Waals surface area (Å²) in [7, 11) is 0. The predicted molar refractivity (Wildman–Crippen MR) is 146 cm³/mol. The molecule has 220 valence electrons. The highest BCUT2D eigenvalue weighted by Gasteiger charge is 2.33. The first-order valence-electron chi connectivity index (χ1n) is 12.8. The highest BCUT2D eigenvalue weighted by atomic mass is 16.4. The topological polar surface area (TPSA) is 258 Å². The summed E-state index contributed by atoms with van der Waals surface area (Å²) in [4.78, 5) is 71.8. The summed E-state index contributed by atoms with van der Waals surface area (Å²) in [5, 5.41) is 27.7. The van der Waals surface area contributed by atoms with Gasteiger partial charge in [0.1, 0.15) is 18.1 Å². The van der Waals surface area contributed by atoms with Crippen molar-refractivity contribution in [2.45, 2.75) is 62.9 Å². The predicted octanol–water partition coefficient (Wildman–Crippen LogP) is -1.81. The molecule has 2 heterocycles. The maximum absolute atomic E-state index is 13.2. The summed E-state index contributed by atoms with van der Waals surface area (Å²) in [6.45, 7) is 1.23. The molecule has 0 radical (unpaired) electrons. The van der Waals surface area contributed by atoms with Gasteiger partial charge in [-0.15, -0.1) is 0 Å². The first-order chi connectivity index (χ1) is 19.5. The van der Waals surface area contributed by atoms with Gasteiger partial charge in [0.15, 0.2) is 0 Å². The number of carbonyl (C=O) groups is 5. The van der Waals surface area contributed by atoms with Crippen molar-refractivity contribution in [2.75, 3.05) is 0 Å². The molecule has 0 saturated heterocycles. The number of nitrogens with one attached hydrogen (secondary N) is 5. The summed E-state index contributed by atoms with van der Waals surface area (Å²) in [5.41, 5.74) is 13.4. The van der Waals surface area contributed by atoms with Gasteiger partial charge in [-0.1, -0.05) is 18.2 Å².